The molecule has 0 saturated heterocycles. The van der Waals surface area contributed by atoms with Crippen LogP contribution in [0.2, 0.25) is 0 Å². The zero-order valence-corrected chi connectivity index (χ0v) is 12.6. The molecule has 0 fully saturated rings. The Bertz CT molecular complexity index is 469. The molecule has 20 heavy (non-hydrogen) atoms. The summed E-state index contributed by atoms with van der Waals surface area (Å²) >= 11 is 0. The Morgan fingerprint density at radius 3 is 2.85 bits per heavy atom. The fourth-order valence-electron chi connectivity index (χ4n) is 3.66. The lowest BCUT2D eigenvalue weighted by molar-refractivity contribution is 0.222. The van der Waals surface area contributed by atoms with E-state index in [1.807, 2.05) is 6.07 Å². The van der Waals surface area contributed by atoms with Gasteiger partial charge in [0.1, 0.15) is 11.9 Å². The van der Waals surface area contributed by atoms with Gasteiger partial charge in [0.05, 0.1) is 0 Å². The molecule has 2 aliphatic rings. The number of para-hydroxylation sites is 1. The third kappa shape index (κ3) is 3.24. The minimum absolute atomic E-state index is 0.310. The van der Waals surface area contributed by atoms with Gasteiger partial charge in [-0.2, -0.15) is 0 Å². The summed E-state index contributed by atoms with van der Waals surface area (Å²) in [5, 5.41) is 3.62. The summed E-state index contributed by atoms with van der Waals surface area (Å²) in [7, 11) is 0. The van der Waals surface area contributed by atoms with Crippen LogP contribution >= 0.6 is 0 Å². The molecule has 1 aliphatic heterocycles. The number of hydrogen-bond acceptors (Lipinski definition) is 2. The number of hydrogen-bond donors (Lipinski definition) is 1. The van der Waals surface area contributed by atoms with Crippen molar-refractivity contribution in [1.82, 2.24) is 5.32 Å². The highest BCUT2D eigenvalue weighted by atomic mass is 16.5. The monoisotopic (exact) mass is 271 g/mol. The van der Waals surface area contributed by atoms with Crippen molar-refractivity contribution in [2.24, 2.45) is 11.8 Å². The molecule has 108 valence electrons. The van der Waals surface area contributed by atoms with E-state index in [0.29, 0.717) is 6.10 Å². The van der Waals surface area contributed by atoms with Gasteiger partial charge in [0, 0.05) is 13.0 Å². The zero-order chi connectivity index (χ0) is 13.9. The number of allylic oxidation sites excluding steroid dienone is 2. The quantitative estimate of drug-likeness (QED) is 0.845. The molecule has 0 spiro atoms. The van der Waals surface area contributed by atoms with Crippen molar-refractivity contribution in [2.45, 2.75) is 39.2 Å². The summed E-state index contributed by atoms with van der Waals surface area (Å²) in [6.07, 6.45) is 6.35. The Morgan fingerprint density at radius 2 is 2.05 bits per heavy atom. The van der Waals surface area contributed by atoms with E-state index in [0.717, 1.165) is 37.1 Å². The molecule has 2 heteroatoms. The van der Waals surface area contributed by atoms with E-state index >= 15 is 0 Å². The van der Waals surface area contributed by atoms with Gasteiger partial charge in [-0.3, -0.25) is 0 Å². The summed E-state index contributed by atoms with van der Waals surface area (Å²) in [6.45, 7) is 6.67. The number of fused-ring (bicyclic) bond motifs is 1. The van der Waals surface area contributed by atoms with Crippen LogP contribution in [-0.4, -0.2) is 19.2 Å². The largest absolute Gasteiger partial charge is 0.488 e. The summed E-state index contributed by atoms with van der Waals surface area (Å²) in [4.78, 5) is 0. The maximum absolute atomic E-state index is 5.96. The fraction of sp³-hybridized carbons (Fsp3) is 0.556. The molecule has 1 aromatic carbocycles. The second kappa shape index (κ2) is 6.01. The highest BCUT2D eigenvalue weighted by Gasteiger charge is 2.23. The van der Waals surface area contributed by atoms with Gasteiger partial charge < -0.3 is 10.1 Å². The lowest BCUT2D eigenvalue weighted by Crippen LogP contribution is -2.34. The molecule has 3 unspecified atom stereocenters. The van der Waals surface area contributed by atoms with E-state index in [-0.39, 0.29) is 0 Å². The van der Waals surface area contributed by atoms with Gasteiger partial charge in [0.2, 0.25) is 0 Å². The highest BCUT2D eigenvalue weighted by Crippen LogP contribution is 2.29. The van der Waals surface area contributed by atoms with E-state index in [2.05, 4.69) is 43.4 Å². The third-order valence-corrected chi connectivity index (χ3v) is 4.40. The first kappa shape index (κ1) is 13.7. The van der Waals surface area contributed by atoms with Gasteiger partial charge in [-0.05, 0) is 49.8 Å². The Morgan fingerprint density at radius 1 is 1.20 bits per heavy atom. The van der Waals surface area contributed by atoms with Crippen molar-refractivity contribution in [3.05, 3.63) is 41.5 Å². The first-order valence-electron chi connectivity index (χ1n) is 7.83. The minimum Gasteiger partial charge on any atom is -0.488 e. The fourth-order valence-corrected chi connectivity index (χ4v) is 3.66. The lowest BCUT2D eigenvalue weighted by Gasteiger charge is -2.26. The molecule has 3 atom stereocenters. The van der Waals surface area contributed by atoms with Crippen LogP contribution in [0.5, 0.6) is 5.75 Å². The molecule has 1 aromatic rings. The Labute approximate surface area is 122 Å². The topological polar surface area (TPSA) is 21.3 Å². The molecule has 3 rings (SSSR count). The number of rotatable bonds is 4. The summed E-state index contributed by atoms with van der Waals surface area (Å²) in [5.41, 5.74) is 2.91. The molecular formula is C18H25NO. The van der Waals surface area contributed by atoms with Crippen LogP contribution in [0, 0.1) is 11.8 Å². The average molecular weight is 271 g/mol. The van der Waals surface area contributed by atoms with Gasteiger partial charge in [0.25, 0.3) is 0 Å². The van der Waals surface area contributed by atoms with Crippen molar-refractivity contribution in [3.8, 4) is 5.75 Å². The standard InChI is InChI=1S/C18H25NO/c1-13-7-14(2)9-15(8-13)11-19-12-17-10-16-5-3-4-6-18(16)20-17/h3-7,13,15,17,19H,8-12H2,1-2H3. The second-order valence-electron chi connectivity index (χ2n) is 6.51. The second-order valence-corrected chi connectivity index (χ2v) is 6.51. The molecule has 1 N–H and O–H groups in total. The average Bonchev–Trinajstić information content (AvgIpc) is 2.80. The van der Waals surface area contributed by atoms with Gasteiger partial charge >= 0.3 is 0 Å². The molecule has 0 amide bonds. The van der Waals surface area contributed by atoms with Gasteiger partial charge in [-0.15, -0.1) is 0 Å². The first-order valence-corrected chi connectivity index (χ1v) is 7.83. The van der Waals surface area contributed by atoms with E-state index in [1.54, 1.807) is 5.57 Å². The number of ether oxygens (including phenoxy) is 1. The molecule has 0 saturated carbocycles. The van der Waals surface area contributed by atoms with Crippen molar-refractivity contribution >= 4 is 0 Å². The Hall–Kier alpha value is -1.28. The molecule has 0 bridgehead atoms. The maximum Gasteiger partial charge on any atom is 0.123 e. The van der Waals surface area contributed by atoms with Crippen LogP contribution in [0.25, 0.3) is 0 Å². The molecule has 1 aliphatic carbocycles. The Balaban J connectivity index is 1.43. The lowest BCUT2D eigenvalue weighted by atomic mass is 9.84. The van der Waals surface area contributed by atoms with Crippen LogP contribution < -0.4 is 10.1 Å². The normalized spacial score (nSPS) is 28.7. The van der Waals surface area contributed by atoms with Crippen LogP contribution in [-0.2, 0) is 6.42 Å². The van der Waals surface area contributed by atoms with Gasteiger partial charge in [-0.25, -0.2) is 0 Å². The van der Waals surface area contributed by atoms with Crippen LogP contribution in [0.15, 0.2) is 35.9 Å². The van der Waals surface area contributed by atoms with Crippen LogP contribution in [0.3, 0.4) is 0 Å². The van der Waals surface area contributed by atoms with Crippen molar-refractivity contribution < 1.29 is 4.74 Å². The molecule has 2 nitrogen and oxygen atoms in total. The predicted molar refractivity (Wildman–Crippen MR) is 83.1 cm³/mol. The van der Waals surface area contributed by atoms with Crippen molar-refractivity contribution in [1.29, 1.82) is 0 Å². The summed E-state index contributed by atoms with van der Waals surface area (Å²) < 4.78 is 5.96. The highest BCUT2D eigenvalue weighted by molar-refractivity contribution is 5.37. The SMILES string of the molecule is CC1=CC(C)CC(CNCC2Cc3ccccc3O2)C1. The smallest absolute Gasteiger partial charge is 0.123 e. The van der Waals surface area contributed by atoms with Crippen molar-refractivity contribution in [3.63, 3.8) is 0 Å². The first-order chi connectivity index (χ1) is 9.70. The number of benzene rings is 1. The molecular weight excluding hydrogens is 246 g/mol. The summed E-state index contributed by atoms with van der Waals surface area (Å²) in [5.74, 6) is 2.60. The van der Waals surface area contributed by atoms with Crippen molar-refractivity contribution in [2.75, 3.05) is 13.1 Å². The predicted octanol–water partition coefficient (Wildman–Crippen LogP) is 3.57. The molecule has 1 heterocycles. The minimum atomic E-state index is 0.310. The van der Waals surface area contributed by atoms with E-state index in [4.69, 9.17) is 4.74 Å². The van der Waals surface area contributed by atoms with Gasteiger partial charge in [0.15, 0.2) is 0 Å². The van der Waals surface area contributed by atoms with E-state index in [9.17, 15) is 0 Å². The third-order valence-electron chi connectivity index (χ3n) is 4.40. The Kier molecular flexibility index (Phi) is 4.11. The number of nitrogens with one attached hydrogen (secondary N) is 1. The van der Waals surface area contributed by atoms with Gasteiger partial charge in [-0.1, -0.05) is 36.8 Å². The van der Waals surface area contributed by atoms with Crippen LogP contribution in [0.4, 0.5) is 0 Å². The van der Waals surface area contributed by atoms with E-state index in [1.165, 1.54) is 18.4 Å². The molecule has 0 aromatic heterocycles. The maximum atomic E-state index is 5.96. The molecule has 0 radical (unpaired) electrons. The summed E-state index contributed by atoms with van der Waals surface area (Å²) in [6, 6.07) is 8.39. The van der Waals surface area contributed by atoms with Crippen LogP contribution in [0.1, 0.15) is 32.3 Å². The zero-order valence-electron chi connectivity index (χ0n) is 12.6. The van der Waals surface area contributed by atoms with E-state index < -0.39 is 0 Å².